The highest BCUT2D eigenvalue weighted by Gasteiger charge is 2.34. The molecule has 1 aromatic heterocycles. The molecule has 2 aromatic carbocycles. The fourth-order valence-electron chi connectivity index (χ4n) is 3.19. The molecule has 30 heavy (non-hydrogen) atoms. The van der Waals surface area contributed by atoms with Crippen LogP contribution in [0.5, 0.6) is 0 Å². The number of aromatic nitrogens is 2. The minimum absolute atomic E-state index is 0.224. The van der Waals surface area contributed by atoms with Crippen molar-refractivity contribution in [3.63, 3.8) is 0 Å². The third-order valence-corrected chi connectivity index (χ3v) is 5.00. The first-order valence-corrected chi connectivity index (χ1v) is 10.7. The number of hydrogen-bond acceptors (Lipinski definition) is 5. The van der Waals surface area contributed by atoms with E-state index in [4.69, 9.17) is 0 Å². The van der Waals surface area contributed by atoms with Gasteiger partial charge in [-0.1, -0.05) is 65.2 Å². The average Bonchev–Trinajstić information content (AvgIpc) is 3.25. The van der Waals surface area contributed by atoms with Crippen LogP contribution in [-0.2, 0) is 11.2 Å². The summed E-state index contributed by atoms with van der Waals surface area (Å²) in [5.74, 6) is -0.532. The molecular formula is C23H26N4O2S. The van der Waals surface area contributed by atoms with Gasteiger partial charge in [0.1, 0.15) is 6.04 Å². The van der Waals surface area contributed by atoms with E-state index in [0.29, 0.717) is 13.0 Å². The molecule has 0 aliphatic heterocycles. The van der Waals surface area contributed by atoms with Crippen LogP contribution in [0, 0.1) is 0 Å². The summed E-state index contributed by atoms with van der Waals surface area (Å²) < 4.78 is 3.82. The van der Waals surface area contributed by atoms with Crippen molar-refractivity contribution in [1.82, 2.24) is 19.8 Å². The zero-order valence-corrected chi connectivity index (χ0v) is 18.2. The number of nitrogens with zero attached hydrogens (tertiary/aromatic N) is 3. The van der Waals surface area contributed by atoms with E-state index in [9.17, 15) is 9.59 Å². The number of benzene rings is 2. The molecule has 0 fully saturated rings. The van der Waals surface area contributed by atoms with Gasteiger partial charge in [0.25, 0.3) is 5.91 Å². The van der Waals surface area contributed by atoms with Gasteiger partial charge >= 0.3 is 0 Å². The molecule has 0 saturated carbocycles. The molecule has 156 valence electrons. The Labute approximate surface area is 181 Å². The van der Waals surface area contributed by atoms with Crippen LogP contribution in [0.2, 0.25) is 0 Å². The fraction of sp³-hybridized carbons (Fsp3) is 0.304. The molecule has 2 amide bonds. The summed E-state index contributed by atoms with van der Waals surface area (Å²) >= 11 is 1.12. The Bertz CT molecular complexity index is 954. The standard InChI is InChI=1S/C23H26N4O2S/c1-23(2,3)24-21(28)20(18-12-8-5-9-13-18)27(22(29)19-16-30-26-25-19)15-14-17-10-6-4-7-11-17/h4-13,16,20H,14-15H2,1-3H3,(H,24,28)/t20-/m0/s1. The number of rotatable bonds is 7. The largest absolute Gasteiger partial charge is 0.349 e. The molecule has 0 bridgehead atoms. The Morgan fingerprint density at radius 3 is 2.23 bits per heavy atom. The Kier molecular flexibility index (Phi) is 6.95. The van der Waals surface area contributed by atoms with E-state index < -0.39 is 11.6 Å². The summed E-state index contributed by atoms with van der Waals surface area (Å²) in [5.41, 5.74) is 1.66. The fourth-order valence-corrected chi connectivity index (χ4v) is 3.62. The quantitative estimate of drug-likeness (QED) is 0.627. The third kappa shape index (κ3) is 5.73. The van der Waals surface area contributed by atoms with Gasteiger partial charge in [-0.3, -0.25) is 9.59 Å². The lowest BCUT2D eigenvalue weighted by Gasteiger charge is -2.33. The highest BCUT2D eigenvalue weighted by molar-refractivity contribution is 7.03. The Balaban J connectivity index is 1.98. The second-order valence-electron chi connectivity index (χ2n) is 8.08. The van der Waals surface area contributed by atoms with E-state index in [1.165, 1.54) is 0 Å². The molecule has 0 unspecified atom stereocenters. The number of carbonyl (C=O) groups is 2. The molecule has 1 heterocycles. The Morgan fingerprint density at radius 2 is 1.67 bits per heavy atom. The van der Waals surface area contributed by atoms with Crippen molar-refractivity contribution in [3.05, 3.63) is 82.9 Å². The van der Waals surface area contributed by atoms with Crippen LogP contribution in [0.25, 0.3) is 0 Å². The molecule has 0 radical (unpaired) electrons. The van der Waals surface area contributed by atoms with Gasteiger partial charge in [0.15, 0.2) is 5.69 Å². The molecule has 1 atom stereocenters. The number of amides is 2. The second-order valence-corrected chi connectivity index (χ2v) is 8.69. The molecule has 3 aromatic rings. The lowest BCUT2D eigenvalue weighted by Crippen LogP contribution is -2.49. The van der Waals surface area contributed by atoms with E-state index in [2.05, 4.69) is 14.9 Å². The van der Waals surface area contributed by atoms with Crippen molar-refractivity contribution >= 4 is 23.3 Å². The van der Waals surface area contributed by atoms with E-state index in [-0.39, 0.29) is 17.5 Å². The summed E-state index contributed by atoms with van der Waals surface area (Å²) in [6.45, 7) is 6.14. The summed E-state index contributed by atoms with van der Waals surface area (Å²) in [6, 6.07) is 18.5. The topological polar surface area (TPSA) is 75.2 Å². The minimum Gasteiger partial charge on any atom is -0.349 e. The Hall–Kier alpha value is -3.06. The van der Waals surface area contributed by atoms with Gasteiger partial charge in [0.05, 0.1) is 0 Å². The predicted octanol–water partition coefficient (Wildman–Crippen LogP) is 3.88. The van der Waals surface area contributed by atoms with Crippen molar-refractivity contribution in [1.29, 1.82) is 0 Å². The molecule has 3 rings (SSSR count). The molecule has 7 heteroatoms. The van der Waals surface area contributed by atoms with E-state index in [0.717, 1.165) is 22.7 Å². The second kappa shape index (κ2) is 9.63. The van der Waals surface area contributed by atoms with E-state index >= 15 is 0 Å². The monoisotopic (exact) mass is 422 g/mol. The summed E-state index contributed by atoms with van der Waals surface area (Å²) in [6.07, 6.45) is 0.621. The van der Waals surface area contributed by atoms with Crippen LogP contribution in [0.4, 0.5) is 0 Å². The van der Waals surface area contributed by atoms with Crippen LogP contribution >= 0.6 is 11.5 Å². The first kappa shape index (κ1) is 21.6. The van der Waals surface area contributed by atoms with Crippen LogP contribution in [0.1, 0.15) is 48.4 Å². The average molecular weight is 423 g/mol. The number of carbonyl (C=O) groups excluding carboxylic acids is 2. The van der Waals surface area contributed by atoms with Gasteiger partial charge in [-0.05, 0) is 49.9 Å². The Morgan fingerprint density at radius 1 is 1.03 bits per heavy atom. The highest BCUT2D eigenvalue weighted by Crippen LogP contribution is 2.25. The molecule has 0 aliphatic carbocycles. The molecule has 0 aliphatic rings. The summed E-state index contributed by atoms with van der Waals surface area (Å²) in [5, 5.41) is 8.59. The lowest BCUT2D eigenvalue weighted by atomic mass is 10.0. The zero-order valence-electron chi connectivity index (χ0n) is 17.4. The third-order valence-electron chi connectivity index (χ3n) is 4.50. The van der Waals surface area contributed by atoms with Crippen LogP contribution in [0.3, 0.4) is 0 Å². The van der Waals surface area contributed by atoms with E-state index in [1.54, 1.807) is 10.3 Å². The molecular weight excluding hydrogens is 396 g/mol. The van der Waals surface area contributed by atoms with Crippen molar-refractivity contribution in [2.45, 2.75) is 38.8 Å². The van der Waals surface area contributed by atoms with Crippen LogP contribution in [0.15, 0.2) is 66.0 Å². The van der Waals surface area contributed by atoms with Gasteiger partial charge in [-0.15, -0.1) is 5.10 Å². The van der Waals surface area contributed by atoms with E-state index in [1.807, 2.05) is 81.4 Å². The number of nitrogens with one attached hydrogen (secondary N) is 1. The maximum Gasteiger partial charge on any atom is 0.276 e. The first-order chi connectivity index (χ1) is 14.3. The summed E-state index contributed by atoms with van der Waals surface area (Å²) in [4.78, 5) is 28.3. The molecule has 6 nitrogen and oxygen atoms in total. The smallest absolute Gasteiger partial charge is 0.276 e. The molecule has 0 saturated heterocycles. The van der Waals surface area contributed by atoms with Crippen molar-refractivity contribution in [3.8, 4) is 0 Å². The maximum absolute atomic E-state index is 13.4. The van der Waals surface area contributed by atoms with Gasteiger partial charge in [-0.2, -0.15) is 0 Å². The first-order valence-electron chi connectivity index (χ1n) is 9.84. The van der Waals surface area contributed by atoms with Crippen molar-refractivity contribution < 1.29 is 9.59 Å². The molecule has 0 spiro atoms. The van der Waals surface area contributed by atoms with Gasteiger partial charge in [-0.25, -0.2) is 0 Å². The van der Waals surface area contributed by atoms with Crippen LogP contribution < -0.4 is 5.32 Å². The summed E-state index contributed by atoms with van der Waals surface area (Å²) in [7, 11) is 0. The SMILES string of the molecule is CC(C)(C)NC(=O)[C@H](c1ccccc1)N(CCc1ccccc1)C(=O)c1csnn1. The highest BCUT2D eigenvalue weighted by atomic mass is 32.1. The minimum atomic E-state index is -0.775. The lowest BCUT2D eigenvalue weighted by molar-refractivity contribution is -0.127. The predicted molar refractivity (Wildman–Crippen MR) is 118 cm³/mol. The molecule has 1 N–H and O–H groups in total. The van der Waals surface area contributed by atoms with Crippen LogP contribution in [-0.4, -0.2) is 38.4 Å². The van der Waals surface area contributed by atoms with Crippen molar-refractivity contribution in [2.24, 2.45) is 0 Å². The van der Waals surface area contributed by atoms with Crippen molar-refractivity contribution in [2.75, 3.05) is 6.54 Å². The zero-order chi connectivity index (χ0) is 21.6. The van der Waals surface area contributed by atoms with Gasteiger partial charge < -0.3 is 10.2 Å². The number of hydrogen-bond donors (Lipinski definition) is 1. The normalized spacial score (nSPS) is 12.2. The van der Waals surface area contributed by atoms with Gasteiger partial charge in [0.2, 0.25) is 5.91 Å². The van der Waals surface area contributed by atoms with Gasteiger partial charge in [0, 0.05) is 17.5 Å². The maximum atomic E-state index is 13.4.